The summed E-state index contributed by atoms with van der Waals surface area (Å²) in [6.07, 6.45) is 0. The first-order chi connectivity index (χ1) is 11.5. The highest BCUT2D eigenvalue weighted by molar-refractivity contribution is 6.36. The number of halogens is 2. The maximum atomic E-state index is 12.2. The molecule has 0 spiro atoms. The van der Waals surface area contributed by atoms with Gasteiger partial charge in [-0.25, -0.2) is 0 Å². The van der Waals surface area contributed by atoms with Crippen molar-refractivity contribution < 1.29 is 4.79 Å². The fourth-order valence-corrected chi connectivity index (χ4v) is 2.87. The first-order valence-corrected chi connectivity index (χ1v) is 8.14. The van der Waals surface area contributed by atoms with Crippen LogP contribution in [0.15, 0.2) is 48.5 Å². The summed E-state index contributed by atoms with van der Waals surface area (Å²) in [6, 6.07) is 14.7. The monoisotopic (exact) mass is 359 g/mol. The number of carbonyl (C=O) groups is 1. The smallest absolute Gasteiger partial charge is 0.243 e. The summed E-state index contributed by atoms with van der Waals surface area (Å²) in [5, 5.41) is 7.82. The fourth-order valence-electron chi connectivity index (χ4n) is 2.41. The van der Waals surface area contributed by atoms with Crippen molar-refractivity contribution in [1.29, 1.82) is 0 Å². The molecule has 0 atom stereocenters. The van der Waals surface area contributed by atoms with E-state index in [1.807, 2.05) is 37.3 Å². The Morgan fingerprint density at radius 3 is 2.67 bits per heavy atom. The zero-order valence-corrected chi connectivity index (χ0v) is 14.4. The number of benzene rings is 2. The quantitative estimate of drug-likeness (QED) is 0.696. The van der Waals surface area contributed by atoms with Gasteiger partial charge in [0, 0.05) is 21.8 Å². The predicted octanol–water partition coefficient (Wildman–Crippen LogP) is 4.90. The fraction of sp³-hybridized carbons (Fsp3) is 0.111. The molecule has 4 nitrogen and oxygen atoms in total. The van der Waals surface area contributed by atoms with Gasteiger partial charge in [-0.15, -0.1) is 0 Å². The van der Waals surface area contributed by atoms with Crippen LogP contribution in [0, 0.1) is 6.92 Å². The SMILES string of the molecule is Cc1cc(NCC(=O)Nc2ccc(Cl)cc2Cl)c2ccccc2n1. The van der Waals surface area contributed by atoms with Crippen LogP contribution in [0.1, 0.15) is 5.69 Å². The van der Waals surface area contributed by atoms with Crippen molar-refractivity contribution in [3.63, 3.8) is 0 Å². The van der Waals surface area contributed by atoms with E-state index in [2.05, 4.69) is 15.6 Å². The zero-order valence-electron chi connectivity index (χ0n) is 12.9. The van der Waals surface area contributed by atoms with Crippen LogP contribution in [0.5, 0.6) is 0 Å². The highest BCUT2D eigenvalue weighted by atomic mass is 35.5. The molecule has 6 heteroatoms. The van der Waals surface area contributed by atoms with Gasteiger partial charge in [-0.2, -0.15) is 0 Å². The van der Waals surface area contributed by atoms with Crippen molar-refractivity contribution in [3.8, 4) is 0 Å². The van der Waals surface area contributed by atoms with Crippen molar-refractivity contribution in [2.75, 3.05) is 17.2 Å². The Hall–Kier alpha value is -2.30. The van der Waals surface area contributed by atoms with Gasteiger partial charge >= 0.3 is 0 Å². The number of para-hydroxylation sites is 1. The first-order valence-electron chi connectivity index (χ1n) is 7.38. The molecule has 1 amide bonds. The van der Waals surface area contributed by atoms with Gasteiger partial charge in [0.2, 0.25) is 5.91 Å². The molecular formula is C18H15Cl2N3O. The molecule has 3 aromatic rings. The molecule has 3 rings (SSSR count). The number of anilines is 2. The lowest BCUT2D eigenvalue weighted by molar-refractivity contribution is -0.114. The normalized spacial score (nSPS) is 10.6. The van der Waals surface area contributed by atoms with E-state index < -0.39 is 0 Å². The van der Waals surface area contributed by atoms with Crippen LogP contribution >= 0.6 is 23.2 Å². The van der Waals surface area contributed by atoms with Crippen molar-refractivity contribution in [2.24, 2.45) is 0 Å². The molecule has 2 N–H and O–H groups in total. The number of pyridine rings is 1. The third kappa shape index (κ3) is 3.78. The van der Waals surface area contributed by atoms with Crippen molar-refractivity contribution in [2.45, 2.75) is 6.92 Å². The third-order valence-electron chi connectivity index (χ3n) is 3.49. The molecule has 122 valence electrons. The van der Waals surface area contributed by atoms with Gasteiger partial charge in [0.25, 0.3) is 0 Å². The number of hydrogen-bond donors (Lipinski definition) is 2. The van der Waals surface area contributed by atoms with Crippen molar-refractivity contribution in [3.05, 3.63) is 64.3 Å². The summed E-state index contributed by atoms with van der Waals surface area (Å²) < 4.78 is 0. The van der Waals surface area contributed by atoms with Crippen molar-refractivity contribution in [1.82, 2.24) is 4.98 Å². The summed E-state index contributed by atoms with van der Waals surface area (Å²) in [6.45, 7) is 2.04. The first kappa shape index (κ1) is 16.6. The van der Waals surface area contributed by atoms with E-state index in [1.54, 1.807) is 18.2 Å². The van der Waals surface area contributed by atoms with E-state index >= 15 is 0 Å². The molecule has 0 radical (unpaired) electrons. The van der Waals surface area contributed by atoms with E-state index in [-0.39, 0.29) is 12.5 Å². The topological polar surface area (TPSA) is 54.0 Å². The average molecular weight is 360 g/mol. The summed E-state index contributed by atoms with van der Waals surface area (Å²) in [7, 11) is 0. The number of aryl methyl sites for hydroxylation is 1. The summed E-state index contributed by atoms with van der Waals surface area (Å²) in [5.41, 5.74) is 3.18. The third-order valence-corrected chi connectivity index (χ3v) is 4.04. The second kappa shape index (κ2) is 7.07. The van der Waals surface area contributed by atoms with Crippen LogP contribution in [-0.4, -0.2) is 17.4 Å². The summed E-state index contributed by atoms with van der Waals surface area (Å²) in [5.74, 6) is -0.197. The van der Waals surface area contributed by atoms with Crippen molar-refractivity contribution >= 4 is 51.4 Å². The molecular weight excluding hydrogens is 345 g/mol. The molecule has 0 unspecified atom stereocenters. The molecule has 0 fully saturated rings. The Kier molecular flexibility index (Phi) is 4.88. The number of rotatable bonds is 4. The number of nitrogens with zero attached hydrogens (tertiary/aromatic N) is 1. The van der Waals surface area contributed by atoms with Gasteiger partial charge in [0.05, 0.1) is 22.8 Å². The van der Waals surface area contributed by atoms with Gasteiger partial charge in [0.1, 0.15) is 0 Å². The van der Waals surface area contributed by atoms with E-state index in [0.717, 1.165) is 22.3 Å². The van der Waals surface area contributed by atoms with E-state index in [4.69, 9.17) is 23.2 Å². The second-order valence-electron chi connectivity index (χ2n) is 5.35. The summed E-state index contributed by atoms with van der Waals surface area (Å²) in [4.78, 5) is 16.6. The Morgan fingerprint density at radius 1 is 1.08 bits per heavy atom. The van der Waals surface area contributed by atoms with Gasteiger partial charge < -0.3 is 10.6 Å². The number of hydrogen-bond acceptors (Lipinski definition) is 3. The number of amides is 1. The Morgan fingerprint density at radius 2 is 1.88 bits per heavy atom. The highest BCUT2D eigenvalue weighted by Crippen LogP contribution is 2.26. The summed E-state index contributed by atoms with van der Waals surface area (Å²) >= 11 is 11.9. The van der Waals surface area contributed by atoms with Crippen LogP contribution < -0.4 is 10.6 Å². The van der Waals surface area contributed by atoms with Crippen LogP contribution in [0.25, 0.3) is 10.9 Å². The molecule has 0 bridgehead atoms. The van der Waals surface area contributed by atoms with E-state index in [9.17, 15) is 4.79 Å². The second-order valence-corrected chi connectivity index (χ2v) is 6.20. The lowest BCUT2D eigenvalue weighted by Gasteiger charge is -2.12. The van der Waals surface area contributed by atoms with Gasteiger partial charge in [0.15, 0.2) is 0 Å². The number of fused-ring (bicyclic) bond motifs is 1. The molecule has 2 aromatic carbocycles. The molecule has 0 saturated carbocycles. The molecule has 1 aromatic heterocycles. The minimum atomic E-state index is -0.197. The lowest BCUT2D eigenvalue weighted by atomic mass is 10.1. The lowest BCUT2D eigenvalue weighted by Crippen LogP contribution is -2.22. The molecule has 0 saturated heterocycles. The minimum Gasteiger partial charge on any atom is -0.376 e. The predicted molar refractivity (Wildman–Crippen MR) is 100 cm³/mol. The Balaban J connectivity index is 1.73. The number of aromatic nitrogens is 1. The van der Waals surface area contributed by atoms with Crippen LogP contribution in [0.3, 0.4) is 0 Å². The maximum absolute atomic E-state index is 12.2. The molecule has 0 aliphatic rings. The average Bonchev–Trinajstić information content (AvgIpc) is 2.55. The minimum absolute atomic E-state index is 0.117. The van der Waals surface area contributed by atoms with Crippen LogP contribution in [-0.2, 0) is 4.79 Å². The van der Waals surface area contributed by atoms with Crippen LogP contribution in [0.4, 0.5) is 11.4 Å². The van der Waals surface area contributed by atoms with E-state index in [0.29, 0.717) is 15.7 Å². The Labute approximate surface area is 149 Å². The Bertz CT molecular complexity index is 912. The molecule has 24 heavy (non-hydrogen) atoms. The zero-order chi connectivity index (χ0) is 17.1. The highest BCUT2D eigenvalue weighted by Gasteiger charge is 2.08. The van der Waals surface area contributed by atoms with Crippen LogP contribution in [0.2, 0.25) is 10.0 Å². The molecule has 0 aliphatic carbocycles. The molecule has 0 aliphatic heterocycles. The number of carbonyl (C=O) groups excluding carboxylic acids is 1. The standard InChI is InChI=1S/C18H15Cl2N3O/c1-11-8-17(13-4-2-3-5-15(13)22-11)21-10-18(24)23-16-7-6-12(19)9-14(16)20/h2-9H,10H2,1H3,(H,21,22)(H,23,24). The molecule has 1 heterocycles. The van der Waals surface area contributed by atoms with Gasteiger partial charge in [-0.05, 0) is 37.3 Å². The maximum Gasteiger partial charge on any atom is 0.243 e. The number of nitrogens with one attached hydrogen (secondary N) is 2. The largest absolute Gasteiger partial charge is 0.376 e. The van der Waals surface area contributed by atoms with E-state index in [1.165, 1.54) is 0 Å². The van der Waals surface area contributed by atoms with Gasteiger partial charge in [-0.3, -0.25) is 9.78 Å². The van der Waals surface area contributed by atoms with Gasteiger partial charge in [-0.1, -0.05) is 41.4 Å².